The maximum atomic E-state index is 12.1. The molecule has 0 bridgehead atoms. The van der Waals surface area contributed by atoms with Gasteiger partial charge >= 0.3 is 6.09 Å². The fourth-order valence-electron chi connectivity index (χ4n) is 4.17. The molecule has 1 aliphatic carbocycles. The topological polar surface area (TPSA) is 54.8 Å². The van der Waals surface area contributed by atoms with Gasteiger partial charge in [-0.3, -0.25) is 9.98 Å². The summed E-state index contributed by atoms with van der Waals surface area (Å²) >= 11 is 0. The Morgan fingerprint density at radius 1 is 1.18 bits per heavy atom. The lowest BCUT2D eigenvalue weighted by atomic mass is 9.88. The molecule has 0 atom stereocenters. The Balaban J connectivity index is 1.76. The highest BCUT2D eigenvalue weighted by atomic mass is 16.6. The number of aryl methyl sites for hydroxylation is 2. The summed E-state index contributed by atoms with van der Waals surface area (Å²) in [5.74, 6) is 0. The van der Waals surface area contributed by atoms with Crippen LogP contribution >= 0.6 is 0 Å². The molecule has 1 amide bonds. The van der Waals surface area contributed by atoms with Gasteiger partial charge in [0.15, 0.2) is 0 Å². The summed E-state index contributed by atoms with van der Waals surface area (Å²) < 4.78 is 5.16. The van der Waals surface area contributed by atoms with Crippen molar-refractivity contribution in [3.05, 3.63) is 64.5 Å². The number of amides is 1. The van der Waals surface area contributed by atoms with E-state index in [-0.39, 0.29) is 6.09 Å². The third-order valence-electron chi connectivity index (χ3n) is 5.58. The summed E-state index contributed by atoms with van der Waals surface area (Å²) in [7, 11) is 0. The fourth-order valence-corrected chi connectivity index (χ4v) is 4.17. The van der Waals surface area contributed by atoms with Crippen molar-refractivity contribution in [3.8, 4) is 0 Å². The summed E-state index contributed by atoms with van der Waals surface area (Å²) in [6.45, 7) is 7.28. The summed E-state index contributed by atoms with van der Waals surface area (Å²) in [5.41, 5.74) is 8.40. The van der Waals surface area contributed by atoms with Crippen LogP contribution in [0.2, 0.25) is 0 Å². The number of carbonyl (C=O) groups is 1. The number of aromatic nitrogens is 1. The number of hydrogen-bond acceptors (Lipinski definition) is 4. The average Bonchev–Trinajstić information content (AvgIpc) is 2.90. The van der Waals surface area contributed by atoms with E-state index in [0.29, 0.717) is 19.7 Å². The molecule has 0 saturated carbocycles. The number of benzene rings is 1. The molecule has 5 nitrogen and oxygen atoms in total. The predicted octanol–water partition coefficient (Wildman–Crippen LogP) is 4.57. The summed E-state index contributed by atoms with van der Waals surface area (Å²) in [6.07, 6.45) is 5.26. The van der Waals surface area contributed by atoms with Crippen LogP contribution in [0.5, 0.6) is 0 Å². The Kier molecular flexibility index (Phi) is 5.24. The molecule has 4 rings (SSSR count). The molecule has 2 aliphatic rings. The summed E-state index contributed by atoms with van der Waals surface area (Å²) in [6, 6.07) is 10.5. The number of ether oxygens (including phenoxy) is 1. The van der Waals surface area contributed by atoms with Gasteiger partial charge in [0.2, 0.25) is 0 Å². The first-order chi connectivity index (χ1) is 13.7. The lowest BCUT2D eigenvalue weighted by Gasteiger charge is -2.29. The van der Waals surface area contributed by atoms with Crippen molar-refractivity contribution >= 4 is 24.1 Å². The van der Waals surface area contributed by atoms with Gasteiger partial charge in [0.1, 0.15) is 0 Å². The number of piperidine rings is 1. The number of hydrogen-bond donors (Lipinski definition) is 0. The van der Waals surface area contributed by atoms with E-state index in [1.54, 1.807) is 4.90 Å². The molecule has 2 heterocycles. The van der Waals surface area contributed by atoms with Gasteiger partial charge < -0.3 is 9.64 Å². The van der Waals surface area contributed by atoms with Crippen molar-refractivity contribution in [1.82, 2.24) is 9.88 Å². The molecule has 1 aromatic carbocycles. The van der Waals surface area contributed by atoms with Gasteiger partial charge in [-0.2, -0.15) is 0 Å². The van der Waals surface area contributed by atoms with Crippen molar-refractivity contribution in [2.24, 2.45) is 4.99 Å². The van der Waals surface area contributed by atoms with E-state index >= 15 is 0 Å². The Bertz CT molecular complexity index is 939. The van der Waals surface area contributed by atoms with Crippen molar-refractivity contribution in [3.63, 3.8) is 0 Å². The lowest BCUT2D eigenvalue weighted by Crippen LogP contribution is -2.37. The SMILES string of the molecule is C=Nc1ccc2c(c1)CCc1cccnc1C2=C1CCN(C(=O)OCC)CC1. The molecule has 1 saturated heterocycles. The van der Waals surface area contributed by atoms with E-state index in [2.05, 4.69) is 29.9 Å². The van der Waals surface area contributed by atoms with Crippen LogP contribution in [0, 0.1) is 0 Å². The summed E-state index contributed by atoms with van der Waals surface area (Å²) in [4.78, 5) is 22.7. The van der Waals surface area contributed by atoms with Crippen LogP contribution in [-0.2, 0) is 17.6 Å². The maximum Gasteiger partial charge on any atom is 0.409 e. The standard InChI is InChI=1S/C23H25N3O2/c1-3-28-23(27)26-13-10-16(11-14-26)21-20-9-8-19(24-2)15-18(20)7-6-17-5-4-12-25-22(17)21/h4-5,8-9,12,15H,2-3,6-7,10-11,13-14H2,1H3. The van der Waals surface area contributed by atoms with E-state index < -0.39 is 0 Å². The zero-order chi connectivity index (χ0) is 19.5. The molecular formula is C23H25N3O2. The number of nitrogens with zero attached hydrogens (tertiary/aromatic N) is 3. The van der Waals surface area contributed by atoms with Gasteiger partial charge in [0.25, 0.3) is 0 Å². The van der Waals surface area contributed by atoms with E-state index in [1.165, 1.54) is 27.8 Å². The first-order valence-corrected chi connectivity index (χ1v) is 9.89. The monoisotopic (exact) mass is 375 g/mol. The molecule has 28 heavy (non-hydrogen) atoms. The highest BCUT2D eigenvalue weighted by molar-refractivity contribution is 5.85. The molecule has 0 N–H and O–H groups in total. The van der Waals surface area contributed by atoms with Gasteiger partial charge in [-0.25, -0.2) is 4.79 Å². The predicted molar refractivity (Wildman–Crippen MR) is 111 cm³/mol. The van der Waals surface area contributed by atoms with Gasteiger partial charge in [-0.05, 0) is 74.2 Å². The summed E-state index contributed by atoms with van der Waals surface area (Å²) in [5, 5.41) is 0. The Morgan fingerprint density at radius 2 is 1.96 bits per heavy atom. The van der Waals surface area contributed by atoms with Crippen LogP contribution in [0.1, 0.15) is 42.1 Å². The van der Waals surface area contributed by atoms with E-state index in [1.807, 2.05) is 25.3 Å². The number of aliphatic imine (C=N–C) groups is 1. The van der Waals surface area contributed by atoms with Crippen LogP contribution in [0.4, 0.5) is 10.5 Å². The molecule has 0 spiro atoms. The number of rotatable bonds is 2. The van der Waals surface area contributed by atoms with Crippen molar-refractivity contribution in [1.29, 1.82) is 0 Å². The first-order valence-electron chi connectivity index (χ1n) is 9.89. The molecule has 0 radical (unpaired) electrons. The molecule has 144 valence electrons. The van der Waals surface area contributed by atoms with Crippen LogP contribution in [0.15, 0.2) is 47.1 Å². The largest absolute Gasteiger partial charge is 0.450 e. The van der Waals surface area contributed by atoms with E-state index in [9.17, 15) is 4.79 Å². The highest BCUT2D eigenvalue weighted by Crippen LogP contribution is 2.38. The van der Waals surface area contributed by atoms with Gasteiger partial charge in [-0.15, -0.1) is 0 Å². The number of pyridine rings is 1. The fraction of sp³-hybridized carbons (Fsp3) is 0.348. The molecule has 1 fully saturated rings. The molecule has 5 heteroatoms. The molecule has 1 aromatic heterocycles. The normalized spacial score (nSPS) is 16.1. The zero-order valence-electron chi connectivity index (χ0n) is 16.3. The van der Waals surface area contributed by atoms with Gasteiger partial charge in [0, 0.05) is 24.9 Å². The minimum absolute atomic E-state index is 0.215. The number of likely N-dealkylation sites (tertiary alicyclic amines) is 1. The second-order valence-electron chi connectivity index (χ2n) is 7.18. The van der Waals surface area contributed by atoms with Crippen molar-refractivity contribution in [2.75, 3.05) is 19.7 Å². The minimum Gasteiger partial charge on any atom is -0.450 e. The van der Waals surface area contributed by atoms with Crippen LogP contribution in [-0.4, -0.2) is 42.4 Å². The number of carbonyl (C=O) groups excluding carboxylic acids is 1. The molecular weight excluding hydrogens is 350 g/mol. The van der Waals surface area contributed by atoms with Crippen molar-refractivity contribution < 1.29 is 9.53 Å². The minimum atomic E-state index is -0.215. The smallest absolute Gasteiger partial charge is 0.409 e. The third kappa shape index (κ3) is 3.44. The highest BCUT2D eigenvalue weighted by Gasteiger charge is 2.26. The quantitative estimate of drug-likeness (QED) is 0.723. The Labute approximate surface area is 165 Å². The first kappa shape index (κ1) is 18.4. The van der Waals surface area contributed by atoms with Gasteiger partial charge in [0.05, 0.1) is 18.0 Å². The Hall–Kier alpha value is -2.95. The van der Waals surface area contributed by atoms with Crippen LogP contribution < -0.4 is 0 Å². The number of fused-ring (bicyclic) bond motifs is 2. The molecule has 2 aromatic rings. The molecule has 1 aliphatic heterocycles. The maximum absolute atomic E-state index is 12.1. The molecule has 0 unspecified atom stereocenters. The van der Waals surface area contributed by atoms with Crippen molar-refractivity contribution in [2.45, 2.75) is 32.6 Å². The third-order valence-corrected chi connectivity index (χ3v) is 5.58. The van der Waals surface area contributed by atoms with Crippen LogP contribution in [0.3, 0.4) is 0 Å². The average molecular weight is 375 g/mol. The van der Waals surface area contributed by atoms with E-state index in [4.69, 9.17) is 9.72 Å². The second-order valence-corrected chi connectivity index (χ2v) is 7.18. The zero-order valence-corrected chi connectivity index (χ0v) is 16.3. The van der Waals surface area contributed by atoms with E-state index in [0.717, 1.165) is 37.1 Å². The second kappa shape index (κ2) is 7.97. The lowest BCUT2D eigenvalue weighted by molar-refractivity contribution is 0.104. The van der Waals surface area contributed by atoms with Crippen LogP contribution in [0.25, 0.3) is 5.57 Å². The van der Waals surface area contributed by atoms with Gasteiger partial charge in [-0.1, -0.05) is 17.7 Å². The Morgan fingerprint density at radius 3 is 2.71 bits per heavy atom.